The molecule has 130 valence electrons. The van der Waals surface area contributed by atoms with Gasteiger partial charge in [0.25, 0.3) is 0 Å². The molecule has 1 atom stereocenters. The molecule has 3 rings (SSSR count). The smallest absolute Gasteiger partial charge is 0.229 e. The Labute approximate surface area is 141 Å². The Kier molecular flexibility index (Phi) is 4.77. The van der Waals surface area contributed by atoms with Crippen LogP contribution in [0.5, 0.6) is 0 Å². The minimum atomic E-state index is -0.832. The van der Waals surface area contributed by atoms with Gasteiger partial charge >= 0.3 is 0 Å². The van der Waals surface area contributed by atoms with E-state index in [0.717, 1.165) is 31.5 Å². The lowest BCUT2D eigenvalue weighted by atomic mass is 9.89. The summed E-state index contributed by atoms with van der Waals surface area (Å²) < 4.78 is 5.16. The van der Waals surface area contributed by atoms with Crippen LogP contribution in [-0.4, -0.2) is 62.9 Å². The number of likely N-dealkylation sites (tertiary alicyclic amines) is 1. The third-order valence-corrected chi connectivity index (χ3v) is 4.18. The van der Waals surface area contributed by atoms with Crippen molar-refractivity contribution in [2.45, 2.75) is 38.3 Å². The van der Waals surface area contributed by atoms with Gasteiger partial charge in [-0.3, -0.25) is 4.90 Å². The molecule has 8 nitrogen and oxygen atoms in total. The molecule has 0 bridgehead atoms. The van der Waals surface area contributed by atoms with E-state index in [0.29, 0.717) is 30.6 Å². The first-order valence-electron chi connectivity index (χ1n) is 8.16. The standard InChI is InChI=1S/C16H24N6O2/c1-12-19-14(24-20-12)7-16(23)5-4-6-22(11-16)10-13-8-17-15(18-9-13)21(2)3/h8-9,23H,4-7,10-11H2,1-3H3. The van der Waals surface area contributed by atoms with Crippen molar-refractivity contribution in [3.8, 4) is 0 Å². The molecule has 2 aromatic heterocycles. The van der Waals surface area contributed by atoms with Crippen LogP contribution < -0.4 is 4.90 Å². The molecule has 1 aliphatic heterocycles. The lowest BCUT2D eigenvalue weighted by Gasteiger charge is -2.38. The predicted octanol–water partition coefficient (Wildman–Crippen LogP) is 0.804. The van der Waals surface area contributed by atoms with Crippen molar-refractivity contribution in [2.24, 2.45) is 0 Å². The first-order chi connectivity index (χ1) is 11.4. The van der Waals surface area contributed by atoms with Gasteiger partial charge in [0, 0.05) is 45.1 Å². The molecule has 0 saturated carbocycles. The quantitative estimate of drug-likeness (QED) is 0.860. The van der Waals surface area contributed by atoms with E-state index in [2.05, 4.69) is 25.0 Å². The summed E-state index contributed by atoms with van der Waals surface area (Å²) >= 11 is 0. The third-order valence-electron chi connectivity index (χ3n) is 4.18. The highest BCUT2D eigenvalue weighted by Crippen LogP contribution is 2.26. The molecule has 0 amide bonds. The third kappa shape index (κ3) is 4.07. The summed E-state index contributed by atoms with van der Waals surface area (Å²) in [5.41, 5.74) is 0.209. The fourth-order valence-corrected chi connectivity index (χ4v) is 3.10. The number of aliphatic hydroxyl groups is 1. The fraction of sp³-hybridized carbons (Fsp3) is 0.625. The van der Waals surface area contributed by atoms with Crippen molar-refractivity contribution in [1.82, 2.24) is 25.0 Å². The summed E-state index contributed by atoms with van der Waals surface area (Å²) in [5, 5.41) is 14.7. The van der Waals surface area contributed by atoms with Crippen LogP contribution in [0.15, 0.2) is 16.9 Å². The second-order valence-corrected chi connectivity index (χ2v) is 6.74. The van der Waals surface area contributed by atoms with Crippen molar-refractivity contribution in [2.75, 3.05) is 32.1 Å². The summed E-state index contributed by atoms with van der Waals surface area (Å²) in [6, 6.07) is 0. The number of nitrogens with zero attached hydrogens (tertiary/aromatic N) is 6. The minimum absolute atomic E-state index is 0.389. The van der Waals surface area contributed by atoms with E-state index in [1.165, 1.54) is 0 Å². The Balaban J connectivity index is 1.62. The van der Waals surface area contributed by atoms with Crippen molar-refractivity contribution in [3.63, 3.8) is 0 Å². The molecule has 1 unspecified atom stereocenters. The molecule has 2 aromatic rings. The van der Waals surface area contributed by atoms with E-state index in [-0.39, 0.29) is 0 Å². The Morgan fingerprint density at radius 1 is 1.33 bits per heavy atom. The second kappa shape index (κ2) is 6.82. The molecule has 1 fully saturated rings. The molecule has 1 aliphatic rings. The highest BCUT2D eigenvalue weighted by atomic mass is 16.5. The van der Waals surface area contributed by atoms with E-state index < -0.39 is 5.60 Å². The number of β-amino-alcohol motifs (C(OH)–C–C–N with tert-alkyl or cyclic N) is 1. The topological polar surface area (TPSA) is 91.4 Å². The van der Waals surface area contributed by atoms with Crippen LogP contribution in [0.2, 0.25) is 0 Å². The van der Waals surface area contributed by atoms with Gasteiger partial charge in [-0.1, -0.05) is 5.16 Å². The Morgan fingerprint density at radius 2 is 2.08 bits per heavy atom. The summed E-state index contributed by atoms with van der Waals surface area (Å²) in [7, 11) is 3.83. The van der Waals surface area contributed by atoms with Gasteiger partial charge in [-0.05, 0) is 26.3 Å². The Bertz CT molecular complexity index is 671. The molecular weight excluding hydrogens is 308 g/mol. The number of aromatic nitrogens is 4. The van der Waals surface area contributed by atoms with E-state index in [1.807, 2.05) is 31.4 Å². The summed E-state index contributed by atoms with van der Waals surface area (Å²) in [4.78, 5) is 17.0. The number of rotatable bonds is 5. The van der Waals surface area contributed by atoms with Crippen LogP contribution in [0, 0.1) is 6.92 Å². The first-order valence-corrected chi connectivity index (χ1v) is 8.16. The van der Waals surface area contributed by atoms with Crippen LogP contribution in [0.25, 0.3) is 0 Å². The summed E-state index contributed by atoms with van der Waals surface area (Å²) in [5.74, 6) is 1.79. The van der Waals surface area contributed by atoms with Gasteiger partial charge in [-0.25, -0.2) is 9.97 Å². The molecule has 0 radical (unpaired) electrons. The zero-order chi connectivity index (χ0) is 17.2. The number of hydrogen-bond donors (Lipinski definition) is 1. The van der Waals surface area contributed by atoms with Gasteiger partial charge < -0.3 is 14.5 Å². The maximum atomic E-state index is 10.9. The van der Waals surface area contributed by atoms with Gasteiger partial charge in [-0.2, -0.15) is 4.98 Å². The minimum Gasteiger partial charge on any atom is -0.388 e. The lowest BCUT2D eigenvalue weighted by Crippen LogP contribution is -2.49. The molecule has 0 aromatic carbocycles. The normalized spacial score (nSPS) is 21.8. The van der Waals surface area contributed by atoms with Crippen LogP contribution in [0.3, 0.4) is 0 Å². The Hall–Kier alpha value is -2.06. The zero-order valence-electron chi connectivity index (χ0n) is 14.4. The number of aryl methyl sites for hydroxylation is 1. The molecule has 8 heteroatoms. The predicted molar refractivity (Wildman–Crippen MR) is 88.6 cm³/mol. The average molecular weight is 332 g/mol. The molecule has 0 spiro atoms. The monoisotopic (exact) mass is 332 g/mol. The van der Waals surface area contributed by atoms with Crippen molar-refractivity contribution in [3.05, 3.63) is 29.7 Å². The first kappa shape index (κ1) is 16.8. The number of piperidine rings is 1. The summed E-state index contributed by atoms with van der Waals surface area (Å²) in [6.45, 7) is 4.02. The van der Waals surface area contributed by atoms with Gasteiger partial charge in [0.2, 0.25) is 11.8 Å². The van der Waals surface area contributed by atoms with Gasteiger partial charge in [0.1, 0.15) is 0 Å². The maximum Gasteiger partial charge on any atom is 0.229 e. The number of hydrogen-bond acceptors (Lipinski definition) is 8. The maximum absolute atomic E-state index is 10.9. The zero-order valence-corrected chi connectivity index (χ0v) is 14.4. The molecule has 3 heterocycles. The highest BCUT2D eigenvalue weighted by Gasteiger charge is 2.35. The van der Waals surface area contributed by atoms with Crippen LogP contribution >= 0.6 is 0 Å². The lowest BCUT2D eigenvalue weighted by molar-refractivity contribution is -0.0374. The largest absolute Gasteiger partial charge is 0.388 e. The van der Waals surface area contributed by atoms with Crippen molar-refractivity contribution in [1.29, 1.82) is 0 Å². The SMILES string of the molecule is Cc1noc(CC2(O)CCCN(Cc3cnc(N(C)C)nc3)C2)n1. The second-order valence-electron chi connectivity index (χ2n) is 6.74. The van der Waals surface area contributed by atoms with Gasteiger partial charge in [-0.15, -0.1) is 0 Å². The average Bonchev–Trinajstić information content (AvgIpc) is 2.92. The van der Waals surface area contributed by atoms with E-state index in [4.69, 9.17) is 4.52 Å². The van der Waals surface area contributed by atoms with Crippen LogP contribution in [0.1, 0.15) is 30.1 Å². The molecule has 1 saturated heterocycles. The van der Waals surface area contributed by atoms with Crippen molar-refractivity contribution >= 4 is 5.95 Å². The van der Waals surface area contributed by atoms with Crippen LogP contribution in [-0.2, 0) is 13.0 Å². The molecule has 0 aliphatic carbocycles. The highest BCUT2D eigenvalue weighted by molar-refractivity contribution is 5.26. The Morgan fingerprint density at radius 3 is 2.71 bits per heavy atom. The van der Waals surface area contributed by atoms with Gasteiger partial charge in [0.05, 0.1) is 12.0 Å². The van der Waals surface area contributed by atoms with Crippen molar-refractivity contribution < 1.29 is 9.63 Å². The van der Waals surface area contributed by atoms with Gasteiger partial charge in [0.15, 0.2) is 5.82 Å². The molecule has 24 heavy (non-hydrogen) atoms. The molecular formula is C16H24N6O2. The number of anilines is 1. The van der Waals surface area contributed by atoms with E-state index in [1.54, 1.807) is 6.92 Å². The summed E-state index contributed by atoms with van der Waals surface area (Å²) in [6.07, 6.45) is 5.75. The van der Waals surface area contributed by atoms with E-state index >= 15 is 0 Å². The van der Waals surface area contributed by atoms with E-state index in [9.17, 15) is 5.11 Å². The molecule has 1 N–H and O–H groups in total. The fourth-order valence-electron chi connectivity index (χ4n) is 3.10. The van der Waals surface area contributed by atoms with Crippen LogP contribution in [0.4, 0.5) is 5.95 Å².